The molecule has 0 aliphatic carbocycles. The zero-order valence-electron chi connectivity index (χ0n) is 12.7. The highest BCUT2D eigenvalue weighted by atomic mass is 16.5. The third kappa shape index (κ3) is 4.70. The summed E-state index contributed by atoms with van der Waals surface area (Å²) in [5.41, 5.74) is 1.81. The van der Waals surface area contributed by atoms with E-state index in [1.807, 2.05) is 24.3 Å². The molecule has 118 valence electrons. The van der Waals surface area contributed by atoms with Gasteiger partial charge in [-0.05, 0) is 30.5 Å². The van der Waals surface area contributed by atoms with Crippen LogP contribution in [0.3, 0.4) is 0 Å². The Kier molecular flexibility index (Phi) is 6.15. The molecule has 0 radical (unpaired) electrons. The van der Waals surface area contributed by atoms with Crippen molar-refractivity contribution in [1.29, 1.82) is 0 Å². The van der Waals surface area contributed by atoms with Crippen LogP contribution in [0.2, 0.25) is 0 Å². The molecule has 5 nitrogen and oxygen atoms in total. The maximum atomic E-state index is 12.0. The Bertz CT molecular complexity index is 530. The highest BCUT2D eigenvalue weighted by molar-refractivity contribution is 5.94. The molecule has 0 aromatic heterocycles. The lowest BCUT2D eigenvalue weighted by molar-refractivity contribution is -0.134. The van der Waals surface area contributed by atoms with Crippen LogP contribution >= 0.6 is 0 Å². The molecule has 0 saturated carbocycles. The third-order valence-electron chi connectivity index (χ3n) is 3.64. The minimum Gasteiger partial charge on any atom is -0.466 e. The molecule has 1 saturated heterocycles. The van der Waals surface area contributed by atoms with Gasteiger partial charge in [0.25, 0.3) is 5.91 Å². The van der Waals surface area contributed by atoms with E-state index in [1.54, 1.807) is 6.08 Å². The molecule has 0 spiro atoms. The fourth-order valence-corrected chi connectivity index (χ4v) is 2.39. The van der Waals surface area contributed by atoms with E-state index in [2.05, 4.69) is 10.1 Å². The Labute approximate surface area is 130 Å². The number of rotatable bonds is 5. The summed E-state index contributed by atoms with van der Waals surface area (Å²) >= 11 is 0. The first-order valence-corrected chi connectivity index (χ1v) is 7.41. The molecule has 2 rings (SSSR count). The predicted molar refractivity (Wildman–Crippen MR) is 82.7 cm³/mol. The Hall–Kier alpha value is -2.14. The van der Waals surface area contributed by atoms with Crippen LogP contribution in [-0.4, -0.2) is 38.7 Å². The summed E-state index contributed by atoms with van der Waals surface area (Å²) in [6.07, 6.45) is 5.05. The molecule has 1 aromatic rings. The number of hydrogen-bond donors (Lipinski definition) is 1. The Balaban J connectivity index is 1.85. The molecule has 0 bridgehead atoms. The second-order valence-electron chi connectivity index (χ2n) is 5.17. The summed E-state index contributed by atoms with van der Waals surface area (Å²) in [6.45, 7) is 1.88. The number of carbonyl (C=O) groups is 2. The monoisotopic (exact) mass is 303 g/mol. The van der Waals surface area contributed by atoms with Crippen molar-refractivity contribution in [2.75, 3.05) is 26.9 Å². The van der Waals surface area contributed by atoms with Gasteiger partial charge in [0.05, 0.1) is 13.7 Å². The third-order valence-corrected chi connectivity index (χ3v) is 3.64. The summed E-state index contributed by atoms with van der Waals surface area (Å²) in [6, 6.07) is 7.61. The van der Waals surface area contributed by atoms with E-state index in [1.165, 1.54) is 18.7 Å². The average Bonchev–Trinajstić information content (AvgIpc) is 2.59. The minimum atomic E-state index is -0.437. The number of methoxy groups -OCH3 is 1. The van der Waals surface area contributed by atoms with Gasteiger partial charge in [0.1, 0.15) is 0 Å². The van der Waals surface area contributed by atoms with Crippen molar-refractivity contribution < 1.29 is 19.1 Å². The summed E-state index contributed by atoms with van der Waals surface area (Å²) < 4.78 is 9.95. The number of esters is 1. The second-order valence-corrected chi connectivity index (χ2v) is 5.17. The molecule has 1 unspecified atom stereocenters. The molecule has 1 aromatic carbocycles. The van der Waals surface area contributed by atoms with E-state index in [9.17, 15) is 9.59 Å². The maximum absolute atomic E-state index is 12.0. The summed E-state index contributed by atoms with van der Waals surface area (Å²) in [7, 11) is 1.31. The lowest BCUT2D eigenvalue weighted by Crippen LogP contribution is -2.23. The van der Waals surface area contributed by atoms with Crippen molar-refractivity contribution in [3.63, 3.8) is 0 Å². The maximum Gasteiger partial charge on any atom is 0.330 e. The molecule has 1 aliphatic heterocycles. The molecular formula is C17H21NO4. The summed E-state index contributed by atoms with van der Waals surface area (Å²) in [5.74, 6) is -0.178. The smallest absolute Gasteiger partial charge is 0.330 e. The SMILES string of the molecule is COC(=O)/C=C/CNC(=O)c1ccc(C2CCCOC2)cc1. The lowest BCUT2D eigenvalue weighted by Gasteiger charge is -2.22. The van der Waals surface area contributed by atoms with Crippen molar-refractivity contribution in [2.24, 2.45) is 0 Å². The van der Waals surface area contributed by atoms with Gasteiger partial charge >= 0.3 is 5.97 Å². The van der Waals surface area contributed by atoms with E-state index < -0.39 is 5.97 Å². The number of amides is 1. The Morgan fingerprint density at radius 1 is 1.36 bits per heavy atom. The van der Waals surface area contributed by atoms with E-state index >= 15 is 0 Å². The van der Waals surface area contributed by atoms with Crippen molar-refractivity contribution in [1.82, 2.24) is 5.32 Å². The van der Waals surface area contributed by atoms with E-state index in [4.69, 9.17) is 4.74 Å². The van der Waals surface area contributed by atoms with Crippen molar-refractivity contribution in [2.45, 2.75) is 18.8 Å². The van der Waals surface area contributed by atoms with E-state index in [0.717, 1.165) is 26.1 Å². The van der Waals surface area contributed by atoms with Crippen LogP contribution in [0.15, 0.2) is 36.4 Å². The molecule has 1 amide bonds. The van der Waals surface area contributed by atoms with Gasteiger partial charge in [0.15, 0.2) is 0 Å². The van der Waals surface area contributed by atoms with Crippen LogP contribution in [0.1, 0.15) is 34.7 Å². The molecule has 1 atom stereocenters. The van der Waals surface area contributed by atoms with Gasteiger partial charge in [0, 0.05) is 30.7 Å². The topological polar surface area (TPSA) is 64.6 Å². The van der Waals surface area contributed by atoms with Crippen molar-refractivity contribution in [3.8, 4) is 0 Å². The van der Waals surface area contributed by atoms with Crippen molar-refractivity contribution in [3.05, 3.63) is 47.5 Å². The van der Waals surface area contributed by atoms with Crippen LogP contribution in [0.25, 0.3) is 0 Å². The van der Waals surface area contributed by atoms with Gasteiger partial charge in [0.2, 0.25) is 0 Å². The molecule has 5 heteroatoms. The lowest BCUT2D eigenvalue weighted by atomic mass is 9.93. The van der Waals surface area contributed by atoms with Crippen LogP contribution in [0.4, 0.5) is 0 Å². The Morgan fingerprint density at radius 3 is 2.77 bits per heavy atom. The average molecular weight is 303 g/mol. The standard InChI is InChI=1S/C17H21NO4/c1-21-16(19)5-2-10-18-17(20)14-8-6-13(7-9-14)15-4-3-11-22-12-15/h2,5-9,15H,3-4,10-12H2,1H3,(H,18,20)/b5-2+. The molecule has 1 fully saturated rings. The predicted octanol–water partition coefficient (Wildman–Crippen LogP) is 2.04. The first-order valence-electron chi connectivity index (χ1n) is 7.41. The van der Waals surface area contributed by atoms with Crippen LogP contribution in [-0.2, 0) is 14.3 Å². The van der Waals surface area contributed by atoms with Gasteiger partial charge in [-0.1, -0.05) is 18.2 Å². The first kappa shape index (κ1) is 16.2. The molecule has 1 N–H and O–H groups in total. The highest BCUT2D eigenvalue weighted by Gasteiger charge is 2.16. The quantitative estimate of drug-likeness (QED) is 0.668. The summed E-state index contributed by atoms with van der Waals surface area (Å²) in [5, 5.41) is 2.72. The largest absolute Gasteiger partial charge is 0.466 e. The Morgan fingerprint density at radius 2 is 2.14 bits per heavy atom. The fraction of sp³-hybridized carbons (Fsp3) is 0.412. The fourth-order valence-electron chi connectivity index (χ4n) is 2.39. The molecule has 1 aliphatic rings. The van der Waals surface area contributed by atoms with Gasteiger partial charge in [-0.2, -0.15) is 0 Å². The van der Waals surface area contributed by atoms with Gasteiger partial charge in [-0.15, -0.1) is 0 Å². The summed E-state index contributed by atoms with van der Waals surface area (Å²) in [4.78, 5) is 22.8. The first-order chi connectivity index (χ1) is 10.7. The molecule has 1 heterocycles. The zero-order valence-corrected chi connectivity index (χ0v) is 12.7. The highest BCUT2D eigenvalue weighted by Crippen LogP contribution is 2.25. The normalized spacial score (nSPS) is 18.1. The van der Waals surface area contributed by atoms with Gasteiger partial charge in [-0.3, -0.25) is 4.79 Å². The van der Waals surface area contributed by atoms with Crippen LogP contribution in [0.5, 0.6) is 0 Å². The zero-order chi connectivity index (χ0) is 15.8. The second kappa shape index (κ2) is 8.34. The van der Waals surface area contributed by atoms with Gasteiger partial charge in [-0.25, -0.2) is 4.79 Å². The number of ether oxygens (including phenoxy) is 2. The van der Waals surface area contributed by atoms with Gasteiger partial charge < -0.3 is 14.8 Å². The van der Waals surface area contributed by atoms with E-state index in [0.29, 0.717) is 11.5 Å². The number of hydrogen-bond acceptors (Lipinski definition) is 4. The van der Waals surface area contributed by atoms with Crippen molar-refractivity contribution >= 4 is 11.9 Å². The minimum absolute atomic E-state index is 0.166. The van der Waals surface area contributed by atoms with Crippen LogP contribution in [0, 0.1) is 0 Å². The van der Waals surface area contributed by atoms with Crippen LogP contribution < -0.4 is 5.32 Å². The molecule has 22 heavy (non-hydrogen) atoms. The number of carbonyl (C=O) groups excluding carboxylic acids is 2. The number of benzene rings is 1. The number of nitrogens with one attached hydrogen (secondary N) is 1. The van der Waals surface area contributed by atoms with E-state index in [-0.39, 0.29) is 12.5 Å². The molecular weight excluding hydrogens is 282 g/mol.